The van der Waals surface area contributed by atoms with E-state index in [4.69, 9.17) is 14.2 Å². The highest BCUT2D eigenvalue weighted by Gasteiger charge is 2.27. The number of hydrogen-bond donors (Lipinski definition) is 0. The fourth-order valence-electron chi connectivity index (χ4n) is 3.19. The van der Waals surface area contributed by atoms with E-state index in [-0.39, 0.29) is 5.91 Å². The van der Waals surface area contributed by atoms with Gasteiger partial charge in [0, 0.05) is 5.56 Å². The Labute approximate surface area is 167 Å². The molecule has 0 aliphatic carbocycles. The topological polar surface area (TPSA) is 60.9 Å². The van der Waals surface area contributed by atoms with E-state index in [1.807, 2.05) is 49.4 Å². The van der Waals surface area contributed by atoms with E-state index in [0.717, 1.165) is 22.0 Å². The quantitative estimate of drug-likeness (QED) is 0.662. The molecule has 28 heavy (non-hydrogen) atoms. The van der Waals surface area contributed by atoms with E-state index >= 15 is 0 Å². The molecule has 0 N–H and O–H groups in total. The summed E-state index contributed by atoms with van der Waals surface area (Å²) in [6.45, 7) is 2.85. The third kappa shape index (κ3) is 3.18. The van der Waals surface area contributed by atoms with Gasteiger partial charge in [0.25, 0.3) is 5.91 Å². The summed E-state index contributed by atoms with van der Waals surface area (Å²) in [5.41, 5.74) is 2.38. The third-order valence-electron chi connectivity index (χ3n) is 4.59. The van der Waals surface area contributed by atoms with Crippen LogP contribution in [-0.2, 0) is 0 Å². The van der Waals surface area contributed by atoms with Crippen molar-refractivity contribution in [2.45, 2.75) is 6.92 Å². The monoisotopic (exact) mass is 396 g/mol. The predicted molar refractivity (Wildman–Crippen MR) is 109 cm³/mol. The number of para-hydroxylation sites is 2. The van der Waals surface area contributed by atoms with Gasteiger partial charge < -0.3 is 19.1 Å². The Morgan fingerprint density at radius 1 is 1.14 bits per heavy atom. The number of aromatic nitrogens is 1. The van der Waals surface area contributed by atoms with Crippen molar-refractivity contribution in [2.75, 3.05) is 32.3 Å². The Hall–Kier alpha value is -3.06. The minimum absolute atomic E-state index is 0.0579. The van der Waals surface area contributed by atoms with Gasteiger partial charge >= 0.3 is 0 Å². The second-order valence-corrected chi connectivity index (χ2v) is 7.28. The maximum absolute atomic E-state index is 13.2. The van der Waals surface area contributed by atoms with Crippen molar-refractivity contribution >= 4 is 22.9 Å². The van der Waals surface area contributed by atoms with Crippen molar-refractivity contribution in [3.63, 3.8) is 0 Å². The van der Waals surface area contributed by atoms with Gasteiger partial charge in [-0.3, -0.25) is 4.79 Å². The Balaban J connectivity index is 1.68. The first kappa shape index (κ1) is 18.3. The summed E-state index contributed by atoms with van der Waals surface area (Å²) in [7, 11) is 3.20. The first-order chi connectivity index (χ1) is 13.6. The fraction of sp³-hybridized carbons (Fsp3) is 0.238. The average Bonchev–Trinajstić information content (AvgIpc) is 3.13. The van der Waals surface area contributed by atoms with Crippen LogP contribution in [0.4, 0.5) is 5.69 Å². The number of carbonyl (C=O) groups is 1. The molecule has 6 nitrogen and oxygen atoms in total. The van der Waals surface area contributed by atoms with Crippen molar-refractivity contribution in [1.29, 1.82) is 0 Å². The van der Waals surface area contributed by atoms with Gasteiger partial charge in [-0.1, -0.05) is 12.1 Å². The van der Waals surface area contributed by atoms with Crippen LogP contribution in [-0.4, -0.2) is 38.3 Å². The van der Waals surface area contributed by atoms with Crippen LogP contribution in [0.1, 0.15) is 15.4 Å². The Bertz CT molecular complexity index is 1030. The Morgan fingerprint density at radius 3 is 2.71 bits per heavy atom. The SMILES string of the molecule is COc1ccc(-c2nc(C)c(C(=O)N3CCOc4ccccc43)s2)cc1OC. The highest BCUT2D eigenvalue weighted by Crippen LogP contribution is 2.37. The number of hydrogen-bond acceptors (Lipinski definition) is 6. The fourth-order valence-corrected chi connectivity index (χ4v) is 4.20. The average molecular weight is 396 g/mol. The minimum Gasteiger partial charge on any atom is -0.493 e. The number of thiazole rings is 1. The van der Waals surface area contributed by atoms with Crippen molar-refractivity contribution in [3.05, 3.63) is 53.0 Å². The van der Waals surface area contributed by atoms with Crippen LogP contribution in [0.15, 0.2) is 42.5 Å². The number of ether oxygens (including phenoxy) is 3. The van der Waals surface area contributed by atoms with Crippen LogP contribution in [0, 0.1) is 6.92 Å². The van der Waals surface area contributed by atoms with Gasteiger partial charge in [-0.2, -0.15) is 0 Å². The number of aryl methyl sites for hydroxylation is 1. The summed E-state index contributed by atoms with van der Waals surface area (Å²) in [4.78, 5) is 20.3. The number of benzene rings is 2. The summed E-state index contributed by atoms with van der Waals surface area (Å²) < 4.78 is 16.3. The standard InChI is InChI=1S/C21H20N2O4S/c1-13-19(21(24)23-10-11-27-16-7-5-4-6-15(16)23)28-20(22-13)14-8-9-17(25-2)18(12-14)26-3/h4-9,12H,10-11H2,1-3H3. The van der Waals surface area contributed by atoms with Crippen LogP contribution in [0.5, 0.6) is 17.2 Å². The molecule has 0 atom stereocenters. The lowest BCUT2D eigenvalue weighted by Crippen LogP contribution is -2.37. The molecule has 7 heteroatoms. The van der Waals surface area contributed by atoms with Gasteiger partial charge in [0.2, 0.25) is 0 Å². The Morgan fingerprint density at radius 2 is 1.93 bits per heavy atom. The molecule has 0 radical (unpaired) electrons. The molecule has 4 rings (SSSR count). The molecule has 2 heterocycles. The number of rotatable bonds is 4. The molecular formula is C21H20N2O4S. The molecule has 0 unspecified atom stereocenters. The summed E-state index contributed by atoms with van der Waals surface area (Å²) in [5, 5.41) is 0.767. The molecule has 1 aromatic heterocycles. The highest BCUT2D eigenvalue weighted by atomic mass is 32.1. The highest BCUT2D eigenvalue weighted by molar-refractivity contribution is 7.17. The van der Waals surface area contributed by atoms with Gasteiger partial charge in [-0.05, 0) is 37.3 Å². The molecule has 0 saturated carbocycles. The molecule has 1 aliphatic heterocycles. The summed E-state index contributed by atoms with van der Waals surface area (Å²) >= 11 is 1.38. The second-order valence-electron chi connectivity index (χ2n) is 6.28. The summed E-state index contributed by atoms with van der Waals surface area (Å²) in [6, 6.07) is 13.2. The van der Waals surface area contributed by atoms with Crippen LogP contribution < -0.4 is 19.1 Å². The second kappa shape index (κ2) is 7.52. The first-order valence-corrected chi connectivity index (χ1v) is 9.67. The summed E-state index contributed by atoms with van der Waals surface area (Å²) in [5.74, 6) is 1.95. The van der Waals surface area contributed by atoms with Crippen molar-refractivity contribution in [2.24, 2.45) is 0 Å². The van der Waals surface area contributed by atoms with Crippen LogP contribution >= 0.6 is 11.3 Å². The molecule has 1 aliphatic rings. The summed E-state index contributed by atoms with van der Waals surface area (Å²) in [6.07, 6.45) is 0. The van der Waals surface area contributed by atoms with Gasteiger partial charge in [0.1, 0.15) is 22.2 Å². The van der Waals surface area contributed by atoms with Crippen LogP contribution in [0.25, 0.3) is 10.6 Å². The maximum Gasteiger partial charge on any atom is 0.270 e. The van der Waals surface area contributed by atoms with Crippen LogP contribution in [0.2, 0.25) is 0 Å². The number of amides is 1. The lowest BCUT2D eigenvalue weighted by atomic mass is 10.2. The van der Waals surface area contributed by atoms with Crippen LogP contribution in [0.3, 0.4) is 0 Å². The van der Waals surface area contributed by atoms with Gasteiger partial charge in [0.05, 0.1) is 32.1 Å². The van der Waals surface area contributed by atoms with Gasteiger partial charge in [-0.25, -0.2) is 4.98 Å². The molecule has 3 aromatic rings. The zero-order valence-corrected chi connectivity index (χ0v) is 16.7. The third-order valence-corrected chi connectivity index (χ3v) is 5.79. The molecule has 0 fully saturated rings. The number of carbonyl (C=O) groups excluding carboxylic acids is 1. The molecule has 144 valence electrons. The smallest absolute Gasteiger partial charge is 0.270 e. The minimum atomic E-state index is -0.0579. The zero-order valence-electron chi connectivity index (χ0n) is 15.9. The molecule has 0 saturated heterocycles. The number of anilines is 1. The largest absolute Gasteiger partial charge is 0.493 e. The first-order valence-electron chi connectivity index (χ1n) is 8.86. The zero-order chi connectivity index (χ0) is 19.7. The molecule has 0 spiro atoms. The van der Waals surface area contributed by atoms with E-state index < -0.39 is 0 Å². The molecule has 2 aromatic carbocycles. The van der Waals surface area contributed by atoms with Crippen molar-refractivity contribution in [3.8, 4) is 27.8 Å². The molecule has 1 amide bonds. The molecule has 0 bridgehead atoms. The normalized spacial score (nSPS) is 12.9. The predicted octanol–water partition coefficient (Wildman–Crippen LogP) is 4.17. The lowest BCUT2D eigenvalue weighted by Gasteiger charge is -2.29. The number of methoxy groups -OCH3 is 2. The van der Waals surface area contributed by atoms with E-state index in [9.17, 15) is 4.79 Å². The van der Waals surface area contributed by atoms with Gasteiger partial charge in [-0.15, -0.1) is 11.3 Å². The van der Waals surface area contributed by atoms with Gasteiger partial charge in [0.15, 0.2) is 11.5 Å². The lowest BCUT2D eigenvalue weighted by molar-refractivity contribution is 0.0979. The Kier molecular flexibility index (Phi) is 4.92. The molecular weight excluding hydrogens is 376 g/mol. The number of fused-ring (bicyclic) bond motifs is 1. The van der Waals surface area contributed by atoms with E-state index in [0.29, 0.717) is 35.2 Å². The van der Waals surface area contributed by atoms with Crippen molar-refractivity contribution in [1.82, 2.24) is 4.98 Å². The number of nitrogens with zero attached hydrogens (tertiary/aromatic N) is 2. The van der Waals surface area contributed by atoms with E-state index in [2.05, 4.69) is 4.98 Å². The van der Waals surface area contributed by atoms with E-state index in [1.165, 1.54) is 11.3 Å². The van der Waals surface area contributed by atoms with E-state index in [1.54, 1.807) is 19.1 Å². The maximum atomic E-state index is 13.2. The van der Waals surface area contributed by atoms with Crippen molar-refractivity contribution < 1.29 is 19.0 Å².